The van der Waals surface area contributed by atoms with Crippen LogP contribution in [0.4, 0.5) is 10.5 Å². The van der Waals surface area contributed by atoms with Crippen LogP contribution in [0.25, 0.3) is 0 Å². The Kier molecular flexibility index (Phi) is 7.45. The molecule has 2 aliphatic rings. The number of benzene rings is 3. The summed E-state index contributed by atoms with van der Waals surface area (Å²) in [5.41, 5.74) is 3.67. The fraction of sp³-hybridized carbons (Fsp3) is 0.207. The van der Waals surface area contributed by atoms with E-state index in [0.717, 1.165) is 16.7 Å². The summed E-state index contributed by atoms with van der Waals surface area (Å²) in [7, 11) is 0. The number of carboxylic acid groups (broad SMARTS) is 1. The van der Waals surface area contributed by atoms with E-state index in [4.69, 9.17) is 9.84 Å². The highest BCUT2D eigenvalue weighted by molar-refractivity contribution is 6.05. The number of anilines is 1. The zero-order valence-electron chi connectivity index (χ0n) is 21.3. The van der Waals surface area contributed by atoms with Gasteiger partial charge in [0.2, 0.25) is 11.8 Å². The molecule has 3 aromatic carbocycles. The standard InChI is InChI=1S/C29H26N4O7/c34-25-12-11-24(26(35)32-25)33-15-20-13-18(3-10-23(20)27(33)36)14-30-29(39)31-21-6-8-22(9-7-21)40-16-17-1-4-19(5-2-17)28(37)38/h1-10,13,24H,11-12,14-16H2,(H,37,38)(H2,30,31,39)(H,32,34,35). The minimum atomic E-state index is -0.985. The third-order valence-corrected chi connectivity index (χ3v) is 6.76. The third kappa shape index (κ3) is 5.93. The number of nitrogens with one attached hydrogen (secondary N) is 3. The number of carbonyl (C=O) groups is 5. The summed E-state index contributed by atoms with van der Waals surface area (Å²) < 4.78 is 5.72. The molecule has 3 aromatic rings. The summed E-state index contributed by atoms with van der Waals surface area (Å²) in [6.07, 6.45) is 0.496. The molecule has 0 aromatic heterocycles. The Hall–Kier alpha value is -5.19. The van der Waals surface area contributed by atoms with Crippen molar-refractivity contribution in [2.24, 2.45) is 0 Å². The molecule has 1 unspecified atom stereocenters. The van der Waals surface area contributed by atoms with E-state index in [1.54, 1.807) is 48.5 Å². The van der Waals surface area contributed by atoms with Gasteiger partial charge in [-0.05, 0) is 65.6 Å². The maximum atomic E-state index is 12.8. The van der Waals surface area contributed by atoms with Crippen LogP contribution in [-0.4, -0.2) is 45.8 Å². The predicted molar refractivity (Wildman–Crippen MR) is 143 cm³/mol. The van der Waals surface area contributed by atoms with Crippen LogP contribution >= 0.6 is 0 Å². The maximum absolute atomic E-state index is 12.8. The first-order chi connectivity index (χ1) is 19.3. The summed E-state index contributed by atoms with van der Waals surface area (Å²) >= 11 is 0. The molecule has 0 saturated carbocycles. The number of ether oxygens (including phenoxy) is 1. The molecule has 5 amide bonds. The Morgan fingerprint density at radius 1 is 0.975 bits per heavy atom. The van der Waals surface area contributed by atoms with Gasteiger partial charge in [-0.25, -0.2) is 9.59 Å². The molecule has 1 atom stereocenters. The monoisotopic (exact) mass is 542 g/mol. The SMILES string of the molecule is O=C1CCC(N2Cc3cc(CNC(=O)Nc4ccc(OCc5ccc(C(=O)O)cc5)cc4)ccc3C2=O)C(=O)N1. The highest BCUT2D eigenvalue weighted by atomic mass is 16.5. The van der Waals surface area contributed by atoms with Crippen molar-refractivity contribution in [2.75, 3.05) is 5.32 Å². The highest BCUT2D eigenvalue weighted by Crippen LogP contribution is 2.28. The first kappa shape index (κ1) is 26.4. The third-order valence-electron chi connectivity index (χ3n) is 6.76. The molecule has 1 fully saturated rings. The lowest BCUT2D eigenvalue weighted by atomic mass is 10.0. The molecule has 5 rings (SSSR count). The van der Waals surface area contributed by atoms with Crippen molar-refractivity contribution in [2.45, 2.75) is 38.6 Å². The van der Waals surface area contributed by atoms with Crippen molar-refractivity contribution < 1.29 is 33.8 Å². The van der Waals surface area contributed by atoms with Gasteiger partial charge in [-0.2, -0.15) is 0 Å². The average molecular weight is 543 g/mol. The van der Waals surface area contributed by atoms with Crippen molar-refractivity contribution in [3.8, 4) is 5.75 Å². The zero-order valence-corrected chi connectivity index (χ0v) is 21.3. The molecule has 11 nitrogen and oxygen atoms in total. The van der Waals surface area contributed by atoms with Crippen molar-refractivity contribution in [3.63, 3.8) is 0 Å². The normalized spacial score (nSPS) is 16.2. The molecule has 0 aliphatic carbocycles. The quantitative estimate of drug-likeness (QED) is 0.319. The second-order valence-corrected chi connectivity index (χ2v) is 9.51. The van der Waals surface area contributed by atoms with Gasteiger partial charge >= 0.3 is 12.0 Å². The number of imide groups is 1. The molecular weight excluding hydrogens is 516 g/mol. The molecule has 0 radical (unpaired) electrons. The zero-order chi connectivity index (χ0) is 28.2. The predicted octanol–water partition coefficient (Wildman–Crippen LogP) is 3.05. The Morgan fingerprint density at radius 3 is 2.40 bits per heavy atom. The van der Waals surface area contributed by atoms with Crippen LogP contribution in [0.3, 0.4) is 0 Å². The van der Waals surface area contributed by atoms with Gasteiger partial charge in [-0.1, -0.05) is 24.3 Å². The first-order valence-corrected chi connectivity index (χ1v) is 12.6. The number of rotatable bonds is 8. The number of carbonyl (C=O) groups excluding carboxylic acids is 4. The van der Waals surface area contributed by atoms with Crippen molar-refractivity contribution in [3.05, 3.63) is 94.5 Å². The van der Waals surface area contributed by atoms with E-state index in [1.165, 1.54) is 17.0 Å². The number of piperidine rings is 1. The molecule has 2 aliphatic heterocycles. The van der Waals surface area contributed by atoms with E-state index in [-0.39, 0.29) is 43.5 Å². The van der Waals surface area contributed by atoms with E-state index < -0.39 is 23.9 Å². The van der Waals surface area contributed by atoms with Gasteiger partial charge in [0.05, 0.1) is 5.56 Å². The lowest BCUT2D eigenvalue weighted by Gasteiger charge is -2.29. The molecule has 204 valence electrons. The summed E-state index contributed by atoms with van der Waals surface area (Å²) in [5.74, 6) is -1.43. The van der Waals surface area contributed by atoms with Crippen LogP contribution in [0.2, 0.25) is 0 Å². The number of aromatic carboxylic acids is 1. The summed E-state index contributed by atoms with van der Waals surface area (Å²) in [5, 5.41) is 16.8. The van der Waals surface area contributed by atoms with E-state index in [1.807, 2.05) is 6.07 Å². The van der Waals surface area contributed by atoms with Crippen molar-refractivity contribution >= 4 is 35.4 Å². The van der Waals surface area contributed by atoms with Gasteiger partial charge in [0, 0.05) is 30.8 Å². The van der Waals surface area contributed by atoms with Gasteiger partial charge in [0.15, 0.2) is 0 Å². The fourth-order valence-corrected chi connectivity index (χ4v) is 4.64. The number of hydrogen-bond acceptors (Lipinski definition) is 6. The van der Waals surface area contributed by atoms with Crippen molar-refractivity contribution in [1.29, 1.82) is 0 Å². The topological polar surface area (TPSA) is 154 Å². The van der Waals surface area contributed by atoms with Crippen LogP contribution < -0.4 is 20.7 Å². The van der Waals surface area contributed by atoms with Gasteiger partial charge in [-0.3, -0.25) is 19.7 Å². The lowest BCUT2D eigenvalue weighted by Crippen LogP contribution is -2.52. The summed E-state index contributed by atoms with van der Waals surface area (Å²) in [6, 6.07) is 17.5. The fourth-order valence-electron chi connectivity index (χ4n) is 4.64. The first-order valence-electron chi connectivity index (χ1n) is 12.6. The second kappa shape index (κ2) is 11.3. The van der Waals surface area contributed by atoms with Gasteiger partial charge < -0.3 is 25.4 Å². The van der Waals surface area contributed by atoms with Crippen LogP contribution in [0.1, 0.15) is 50.2 Å². The lowest BCUT2D eigenvalue weighted by molar-refractivity contribution is -0.136. The Bertz CT molecular complexity index is 1490. The number of fused-ring (bicyclic) bond motifs is 1. The Balaban J connectivity index is 1.10. The summed E-state index contributed by atoms with van der Waals surface area (Å²) in [6.45, 7) is 0.765. The van der Waals surface area contributed by atoms with E-state index in [0.29, 0.717) is 23.4 Å². The average Bonchev–Trinajstić information content (AvgIpc) is 3.27. The van der Waals surface area contributed by atoms with Crippen LogP contribution in [-0.2, 0) is 29.3 Å². The van der Waals surface area contributed by atoms with E-state index >= 15 is 0 Å². The van der Waals surface area contributed by atoms with Crippen molar-refractivity contribution in [1.82, 2.24) is 15.5 Å². The van der Waals surface area contributed by atoms with E-state index in [9.17, 15) is 24.0 Å². The number of amides is 5. The van der Waals surface area contributed by atoms with Crippen LogP contribution in [0, 0.1) is 0 Å². The number of carboxylic acids is 1. The molecule has 0 bridgehead atoms. The van der Waals surface area contributed by atoms with Crippen LogP contribution in [0.5, 0.6) is 5.75 Å². The van der Waals surface area contributed by atoms with E-state index in [2.05, 4.69) is 16.0 Å². The van der Waals surface area contributed by atoms with Gasteiger partial charge in [-0.15, -0.1) is 0 Å². The van der Waals surface area contributed by atoms with Gasteiger partial charge in [0.25, 0.3) is 5.91 Å². The second-order valence-electron chi connectivity index (χ2n) is 9.51. The number of hydrogen-bond donors (Lipinski definition) is 4. The maximum Gasteiger partial charge on any atom is 0.335 e. The minimum Gasteiger partial charge on any atom is -0.489 e. The smallest absolute Gasteiger partial charge is 0.335 e. The molecule has 2 heterocycles. The van der Waals surface area contributed by atoms with Gasteiger partial charge in [0.1, 0.15) is 18.4 Å². The molecule has 0 spiro atoms. The molecule has 4 N–H and O–H groups in total. The molecular formula is C29H26N4O7. The largest absolute Gasteiger partial charge is 0.489 e. The molecule has 40 heavy (non-hydrogen) atoms. The Labute approximate surface area is 229 Å². The summed E-state index contributed by atoms with van der Waals surface area (Å²) in [4.78, 5) is 61.4. The highest BCUT2D eigenvalue weighted by Gasteiger charge is 2.39. The molecule has 1 saturated heterocycles. The number of urea groups is 1. The van der Waals surface area contributed by atoms with Crippen LogP contribution in [0.15, 0.2) is 66.7 Å². The Morgan fingerprint density at radius 2 is 1.70 bits per heavy atom. The molecule has 11 heteroatoms. The minimum absolute atomic E-state index is 0.196. The number of nitrogens with zero attached hydrogens (tertiary/aromatic N) is 1.